The second-order valence-corrected chi connectivity index (χ2v) is 9.58. The largest absolute Gasteiger partial charge is 0.381 e. The summed E-state index contributed by atoms with van der Waals surface area (Å²) in [7, 11) is 0. The Labute approximate surface area is 172 Å². The van der Waals surface area contributed by atoms with Crippen molar-refractivity contribution >= 4 is 5.91 Å². The van der Waals surface area contributed by atoms with Crippen LogP contribution in [0.25, 0.3) is 0 Å². The highest BCUT2D eigenvalue weighted by molar-refractivity contribution is 5.94. The first-order valence-electron chi connectivity index (χ1n) is 11.4. The number of pyridine rings is 1. The van der Waals surface area contributed by atoms with Gasteiger partial charge in [-0.15, -0.1) is 0 Å². The van der Waals surface area contributed by atoms with Crippen LogP contribution in [0.15, 0.2) is 16.9 Å². The predicted molar refractivity (Wildman–Crippen MR) is 111 cm³/mol. The summed E-state index contributed by atoms with van der Waals surface area (Å²) in [5, 5.41) is 0. The normalized spacial score (nSPS) is 31.2. The van der Waals surface area contributed by atoms with Crippen LogP contribution in [-0.4, -0.2) is 65.7 Å². The first-order valence-corrected chi connectivity index (χ1v) is 11.4. The third-order valence-corrected chi connectivity index (χ3v) is 7.85. The first kappa shape index (κ1) is 19.3. The van der Waals surface area contributed by atoms with Crippen molar-refractivity contribution in [3.05, 3.63) is 33.7 Å². The summed E-state index contributed by atoms with van der Waals surface area (Å²) in [4.78, 5) is 30.9. The Morgan fingerprint density at radius 1 is 1.07 bits per heavy atom. The van der Waals surface area contributed by atoms with Gasteiger partial charge in [0.05, 0.1) is 13.2 Å². The molecule has 0 aromatic carbocycles. The van der Waals surface area contributed by atoms with Gasteiger partial charge in [0.25, 0.3) is 11.5 Å². The molecule has 5 rings (SSSR count). The van der Waals surface area contributed by atoms with Gasteiger partial charge < -0.3 is 14.2 Å². The molecule has 0 aliphatic carbocycles. The standard InChI is InChI=1S/C23H33N3O3/c1-3-19(4-2)24-8-15-7-16(10-24)21-6-5-20(23(28)26(21)9-15)22(27)25-11-17-13-29-14-18(17)12-25/h5-6,15-19H,3-4,7-14H2,1-2H3/t15-,16+,17-,18+/m0/s1. The second kappa shape index (κ2) is 7.55. The number of aromatic nitrogens is 1. The third kappa shape index (κ3) is 3.25. The SMILES string of the molecule is CCC(CC)N1C[C@@H]2C[C@H](C1)c1ccc(C(=O)N3C[C@H]4COC[C@H]4C3)c(=O)n1C2. The van der Waals surface area contributed by atoms with Crippen LogP contribution in [0.4, 0.5) is 0 Å². The van der Waals surface area contributed by atoms with Crippen molar-refractivity contribution in [1.29, 1.82) is 0 Å². The minimum Gasteiger partial charge on any atom is -0.381 e. The van der Waals surface area contributed by atoms with E-state index in [1.165, 1.54) is 19.3 Å². The lowest BCUT2D eigenvalue weighted by molar-refractivity contribution is 0.0730. The third-order valence-electron chi connectivity index (χ3n) is 7.85. The molecule has 0 radical (unpaired) electrons. The molecule has 1 amide bonds. The molecule has 3 saturated heterocycles. The van der Waals surface area contributed by atoms with Crippen molar-refractivity contribution in [2.24, 2.45) is 17.8 Å². The molecule has 0 N–H and O–H groups in total. The maximum atomic E-state index is 13.3. The molecule has 5 heterocycles. The number of nitrogens with zero attached hydrogens (tertiary/aromatic N) is 3. The number of likely N-dealkylation sites (tertiary alicyclic amines) is 2. The van der Waals surface area contributed by atoms with Crippen molar-refractivity contribution in [3.63, 3.8) is 0 Å². The molecule has 158 valence electrons. The second-order valence-electron chi connectivity index (χ2n) is 9.58. The van der Waals surface area contributed by atoms with Crippen LogP contribution in [0.3, 0.4) is 0 Å². The number of hydrogen-bond acceptors (Lipinski definition) is 4. The minimum atomic E-state index is -0.0888. The van der Waals surface area contributed by atoms with Crippen LogP contribution in [0.1, 0.15) is 55.1 Å². The van der Waals surface area contributed by atoms with Crippen LogP contribution in [-0.2, 0) is 11.3 Å². The predicted octanol–water partition coefficient (Wildman–Crippen LogP) is 2.17. The van der Waals surface area contributed by atoms with E-state index in [9.17, 15) is 9.59 Å². The van der Waals surface area contributed by atoms with Crippen LogP contribution in [0, 0.1) is 17.8 Å². The highest BCUT2D eigenvalue weighted by Crippen LogP contribution is 2.37. The topological polar surface area (TPSA) is 54.8 Å². The molecule has 0 saturated carbocycles. The fourth-order valence-corrected chi connectivity index (χ4v) is 6.27. The average Bonchev–Trinajstić information content (AvgIpc) is 3.31. The van der Waals surface area contributed by atoms with Crippen LogP contribution >= 0.6 is 0 Å². The van der Waals surface area contributed by atoms with E-state index in [-0.39, 0.29) is 11.5 Å². The molecule has 1 aromatic heterocycles. The Balaban J connectivity index is 1.39. The van der Waals surface area contributed by atoms with E-state index in [2.05, 4.69) is 24.8 Å². The van der Waals surface area contributed by atoms with Gasteiger partial charge in [-0.25, -0.2) is 0 Å². The molecular formula is C23H33N3O3. The molecule has 6 heteroatoms. The molecule has 0 unspecified atom stereocenters. The van der Waals surface area contributed by atoms with Crippen molar-refractivity contribution < 1.29 is 9.53 Å². The lowest BCUT2D eigenvalue weighted by Gasteiger charge is -2.45. The number of ether oxygens (including phenoxy) is 1. The highest BCUT2D eigenvalue weighted by Gasteiger charge is 2.41. The summed E-state index contributed by atoms with van der Waals surface area (Å²) in [5.41, 5.74) is 1.41. The monoisotopic (exact) mass is 399 g/mol. The summed E-state index contributed by atoms with van der Waals surface area (Å²) in [6.45, 7) is 10.3. The van der Waals surface area contributed by atoms with E-state index < -0.39 is 0 Å². The van der Waals surface area contributed by atoms with Crippen molar-refractivity contribution in [1.82, 2.24) is 14.4 Å². The van der Waals surface area contributed by atoms with E-state index in [0.717, 1.165) is 51.6 Å². The van der Waals surface area contributed by atoms with E-state index >= 15 is 0 Å². The minimum absolute atomic E-state index is 0.0773. The van der Waals surface area contributed by atoms with E-state index in [1.807, 2.05) is 9.47 Å². The number of piperidine rings is 1. The Kier molecular flexibility index (Phi) is 5.03. The lowest BCUT2D eigenvalue weighted by Crippen LogP contribution is -2.51. The maximum absolute atomic E-state index is 13.3. The molecule has 3 fully saturated rings. The van der Waals surface area contributed by atoms with Gasteiger partial charge in [0, 0.05) is 62.2 Å². The molecule has 2 bridgehead atoms. The number of rotatable bonds is 4. The smallest absolute Gasteiger partial charge is 0.263 e. The number of hydrogen-bond donors (Lipinski definition) is 0. The van der Waals surface area contributed by atoms with Crippen molar-refractivity contribution in [2.75, 3.05) is 39.4 Å². The maximum Gasteiger partial charge on any atom is 0.263 e. The van der Waals surface area contributed by atoms with E-state index in [0.29, 0.717) is 35.3 Å². The molecule has 1 aromatic rings. The van der Waals surface area contributed by atoms with Gasteiger partial charge in [-0.1, -0.05) is 13.8 Å². The van der Waals surface area contributed by atoms with Crippen LogP contribution < -0.4 is 5.56 Å². The molecule has 29 heavy (non-hydrogen) atoms. The van der Waals surface area contributed by atoms with Gasteiger partial charge in [-0.05, 0) is 37.3 Å². The average molecular weight is 400 g/mol. The Morgan fingerprint density at radius 3 is 2.48 bits per heavy atom. The Bertz CT molecular complexity index is 834. The fraction of sp³-hybridized carbons (Fsp3) is 0.739. The van der Waals surface area contributed by atoms with Crippen molar-refractivity contribution in [3.8, 4) is 0 Å². The summed E-state index contributed by atoms with van der Waals surface area (Å²) < 4.78 is 7.45. The van der Waals surface area contributed by atoms with Gasteiger partial charge >= 0.3 is 0 Å². The zero-order valence-electron chi connectivity index (χ0n) is 17.7. The van der Waals surface area contributed by atoms with Gasteiger partial charge in [0.2, 0.25) is 0 Å². The van der Waals surface area contributed by atoms with Gasteiger partial charge in [0.1, 0.15) is 5.56 Å². The quantitative estimate of drug-likeness (QED) is 0.779. The Morgan fingerprint density at radius 2 is 1.79 bits per heavy atom. The van der Waals surface area contributed by atoms with Crippen LogP contribution in [0.5, 0.6) is 0 Å². The lowest BCUT2D eigenvalue weighted by atomic mass is 9.82. The summed E-state index contributed by atoms with van der Waals surface area (Å²) in [6.07, 6.45) is 3.52. The van der Waals surface area contributed by atoms with Crippen molar-refractivity contribution in [2.45, 2.75) is 51.6 Å². The Hall–Kier alpha value is -1.66. The van der Waals surface area contributed by atoms with Gasteiger partial charge in [0.15, 0.2) is 0 Å². The highest BCUT2D eigenvalue weighted by atomic mass is 16.5. The first-order chi connectivity index (χ1) is 14.1. The molecule has 4 aliphatic rings. The molecule has 6 nitrogen and oxygen atoms in total. The van der Waals surface area contributed by atoms with E-state index in [1.54, 1.807) is 6.07 Å². The summed E-state index contributed by atoms with van der Waals surface area (Å²) in [6, 6.07) is 4.50. The van der Waals surface area contributed by atoms with Crippen LogP contribution in [0.2, 0.25) is 0 Å². The number of fused-ring (bicyclic) bond motifs is 5. The molecule has 4 atom stereocenters. The zero-order valence-corrected chi connectivity index (χ0v) is 17.7. The summed E-state index contributed by atoms with van der Waals surface area (Å²) >= 11 is 0. The zero-order chi connectivity index (χ0) is 20.1. The molecule has 0 spiro atoms. The van der Waals surface area contributed by atoms with E-state index in [4.69, 9.17) is 4.74 Å². The summed E-state index contributed by atoms with van der Waals surface area (Å²) in [5.74, 6) is 1.70. The van der Waals surface area contributed by atoms with Gasteiger partial charge in [-0.3, -0.25) is 14.5 Å². The number of carbonyl (C=O) groups excluding carboxylic acids is 1. The molecule has 4 aliphatic heterocycles. The number of amides is 1. The number of carbonyl (C=O) groups is 1. The van der Waals surface area contributed by atoms with Gasteiger partial charge in [-0.2, -0.15) is 0 Å². The fourth-order valence-electron chi connectivity index (χ4n) is 6.27. The molecular weight excluding hydrogens is 366 g/mol.